The molecule has 1 fully saturated rings. The van der Waals surface area contributed by atoms with Crippen molar-refractivity contribution in [1.29, 1.82) is 0 Å². The summed E-state index contributed by atoms with van der Waals surface area (Å²) in [5, 5.41) is 0. The lowest BCUT2D eigenvalue weighted by molar-refractivity contribution is -0.0460. The number of H-pyrrole nitrogens is 1. The molecule has 2 unspecified atom stereocenters. The van der Waals surface area contributed by atoms with Crippen molar-refractivity contribution in [1.82, 2.24) is 39.0 Å². The Morgan fingerprint density at radius 1 is 1.15 bits per heavy atom. The summed E-state index contributed by atoms with van der Waals surface area (Å²) in [5.41, 5.74) is 6.32. The highest BCUT2D eigenvalue weighted by Crippen LogP contribution is 2.52. The molecule has 0 amide bonds. The van der Waals surface area contributed by atoms with Gasteiger partial charge in [0.05, 0.1) is 31.8 Å². The fourth-order valence-electron chi connectivity index (χ4n) is 4.59. The van der Waals surface area contributed by atoms with Gasteiger partial charge < -0.3 is 42.9 Å². The number of rotatable bonds is 1. The summed E-state index contributed by atoms with van der Waals surface area (Å²) >= 11 is 10.6. The van der Waals surface area contributed by atoms with Crippen molar-refractivity contribution in [2.24, 2.45) is 5.92 Å². The minimum absolute atomic E-state index is 0.0204. The maximum Gasteiger partial charge on any atom is 0.325 e. The van der Waals surface area contributed by atoms with Crippen LogP contribution in [0, 0.1) is 5.92 Å². The molecule has 40 heavy (non-hydrogen) atoms. The molecule has 2 aliphatic heterocycles. The molecule has 2 aliphatic rings. The highest BCUT2D eigenvalue weighted by molar-refractivity contribution is 8.07. The van der Waals surface area contributed by atoms with Gasteiger partial charge in [0, 0.05) is 12.5 Å². The molecule has 0 aliphatic carbocycles. The number of fused-ring (bicyclic) bond motifs is 6. The fraction of sp³-hybridized carbons (Fsp3) is 0.474. The largest absolute Gasteiger partial charge is 0.369 e. The Morgan fingerprint density at radius 3 is 2.80 bits per heavy atom. The Labute approximate surface area is 235 Å². The minimum Gasteiger partial charge on any atom is -0.369 e. The van der Waals surface area contributed by atoms with E-state index >= 15 is 0 Å². The van der Waals surface area contributed by atoms with Gasteiger partial charge in [0.2, 0.25) is 5.95 Å². The molecule has 2 bridgehead atoms. The fourth-order valence-corrected chi connectivity index (χ4v) is 7.12. The Morgan fingerprint density at radius 2 is 1.98 bits per heavy atom. The molecule has 0 saturated carbocycles. The summed E-state index contributed by atoms with van der Waals surface area (Å²) in [4.78, 5) is 57.6. The van der Waals surface area contributed by atoms with Gasteiger partial charge in [-0.25, -0.2) is 19.9 Å². The molecule has 6 heterocycles. The van der Waals surface area contributed by atoms with Crippen LogP contribution in [0.2, 0.25) is 0 Å². The van der Waals surface area contributed by atoms with E-state index in [4.69, 9.17) is 52.2 Å². The predicted octanol–water partition coefficient (Wildman–Crippen LogP) is 0.457. The van der Waals surface area contributed by atoms with Crippen molar-refractivity contribution in [3.63, 3.8) is 0 Å². The zero-order chi connectivity index (χ0) is 28.2. The van der Waals surface area contributed by atoms with E-state index in [1.165, 1.54) is 23.4 Å². The third-order valence-corrected chi connectivity index (χ3v) is 9.65. The van der Waals surface area contributed by atoms with E-state index in [-0.39, 0.29) is 43.5 Å². The summed E-state index contributed by atoms with van der Waals surface area (Å²) in [6, 6.07) is 0. The Bertz CT molecular complexity index is 1750. The average Bonchev–Trinajstić information content (AvgIpc) is 3.55. The first-order valence-corrected chi connectivity index (χ1v) is 17.0. The summed E-state index contributed by atoms with van der Waals surface area (Å²) in [6.45, 7) is -6.07. The van der Waals surface area contributed by atoms with Gasteiger partial charge in [-0.2, -0.15) is 4.98 Å². The number of nitrogens with two attached hydrogens (primary N) is 1. The summed E-state index contributed by atoms with van der Waals surface area (Å²) in [6.07, 6.45) is 1.59. The number of aromatic nitrogens is 8. The Hall–Kier alpha value is -2.28. The third kappa shape index (κ3) is 5.35. The van der Waals surface area contributed by atoms with Crippen LogP contribution in [-0.4, -0.2) is 74.2 Å². The van der Waals surface area contributed by atoms with Crippen LogP contribution in [0.5, 0.6) is 0 Å². The van der Waals surface area contributed by atoms with E-state index in [0.717, 1.165) is 0 Å². The molecule has 21 heteroatoms. The van der Waals surface area contributed by atoms with Gasteiger partial charge in [0.15, 0.2) is 23.0 Å². The maximum absolute atomic E-state index is 12.3. The monoisotopic (exact) mass is 631 g/mol. The lowest BCUT2D eigenvalue weighted by Gasteiger charge is -2.26. The van der Waals surface area contributed by atoms with Crippen LogP contribution >= 0.6 is 13.4 Å². The van der Waals surface area contributed by atoms with E-state index in [2.05, 4.69) is 29.9 Å². The molecule has 0 spiro atoms. The van der Waals surface area contributed by atoms with E-state index in [1.807, 2.05) is 0 Å². The first kappa shape index (κ1) is 27.9. The van der Waals surface area contributed by atoms with Gasteiger partial charge in [-0.05, 0) is 23.6 Å². The summed E-state index contributed by atoms with van der Waals surface area (Å²) < 4.78 is 32.2. The molecule has 6 atom stereocenters. The van der Waals surface area contributed by atoms with Crippen molar-refractivity contribution in [3.05, 3.63) is 35.0 Å². The predicted molar refractivity (Wildman–Crippen MR) is 146 cm³/mol. The zero-order valence-corrected chi connectivity index (χ0v) is 24.1. The number of nitrogens with zero attached hydrogens (tertiary/aromatic N) is 7. The van der Waals surface area contributed by atoms with E-state index < -0.39 is 43.4 Å². The second-order valence-corrected chi connectivity index (χ2v) is 14.6. The van der Waals surface area contributed by atoms with Crippen molar-refractivity contribution >= 4 is 65.3 Å². The normalized spacial score (nSPS) is 32.1. The molecule has 4 aromatic rings. The van der Waals surface area contributed by atoms with Crippen LogP contribution in [0.1, 0.15) is 19.0 Å². The first-order valence-electron chi connectivity index (χ1n) is 11.8. The van der Waals surface area contributed by atoms with Crippen molar-refractivity contribution in [3.8, 4) is 0 Å². The third-order valence-electron chi connectivity index (χ3n) is 6.50. The zero-order valence-electron chi connectivity index (χ0n) is 20.6. The van der Waals surface area contributed by atoms with Crippen LogP contribution in [0.25, 0.3) is 22.3 Å². The molecule has 4 aromatic heterocycles. The average molecular weight is 632 g/mol. The second kappa shape index (κ2) is 10.5. The van der Waals surface area contributed by atoms with Crippen LogP contribution in [0.15, 0.2) is 23.6 Å². The Balaban J connectivity index is 1.38. The lowest BCUT2D eigenvalue weighted by Crippen LogP contribution is -2.28. The number of aromatic amines is 1. The number of nitrogens with one attached hydrogen (secondary N) is 1. The number of hydrogen-bond donors (Lipinski definition) is 4. The number of imidazole rings is 2. The highest BCUT2D eigenvalue weighted by Gasteiger charge is 2.47. The standard InChI is InChI=1S/C19H23N9O8P2S2/c1-9-11-5-33-37(30,39)32-3-2-27-12(24-10-4-21-7-22-15(10)27)6-34-38(31,40)36-14(9)18(35-11)28-8-23-13-16(28)25-19(20)26-17(13)29/h4,7-9,11,14,18H,2-3,5-6H2,1H3,(H,30,39)(H,31,40)(H3,20,25,26,29)/t9-,11-,14-,18-,37?,38?/m1/s1. The number of hydrogen-bond acceptors (Lipinski definition) is 14. The van der Waals surface area contributed by atoms with Crippen LogP contribution in [0.4, 0.5) is 5.95 Å². The van der Waals surface area contributed by atoms with Gasteiger partial charge in [0.1, 0.15) is 30.4 Å². The SMILES string of the molecule is C[C@H]1[C@H]2OP(O)(=S)OCc3nc4cncnc4n3CCOP(O)(=S)OC[C@H]1O[C@H]2n1cnc2c(=O)[nH]c(N)nc21. The highest BCUT2D eigenvalue weighted by atomic mass is 32.5. The van der Waals surface area contributed by atoms with Crippen molar-refractivity contribution in [2.45, 2.75) is 38.5 Å². The van der Waals surface area contributed by atoms with Crippen LogP contribution in [-0.2, 0) is 59.6 Å². The van der Waals surface area contributed by atoms with Crippen molar-refractivity contribution in [2.75, 3.05) is 18.9 Å². The molecular weight excluding hydrogens is 608 g/mol. The van der Waals surface area contributed by atoms with E-state index in [1.54, 1.807) is 11.5 Å². The van der Waals surface area contributed by atoms with Crippen LogP contribution < -0.4 is 11.3 Å². The molecule has 6 rings (SSSR count). The minimum atomic E-state index is -3.92. The molecular formula is C19H23N9O8P2S2. The Kier molecular flexibility index (Phi) is 7.33. The number of ether oxygens (including phenoxy) is 1. The van der Waals surface area contributed by atoms with Crippen molar-refractivity contribution < 1.29 is 32.6 Å². The molecule has 1 saturated heterocycles. The number of nitrogen functional groups attached to an aromatic ring is 1. The van der Waals surface area contributed by atoms with Gasteiger partial charge in [0.25, 0.3) is 5.56 Å². The summed E-state index contributed by atoms with van der Waals surface area (Å²) in [5.74, 6) is -0.254. The molecule has 0 aromatic carbocycles. The van der Waals surface area contributed by atoms with Gasteiger partial charge in [-0.15, -0.1) is 0 Å². The number of anilines is 1. The van der Waals surface area contributed by atoms with E-state index in [9.17, 15) is 14.6 Å². The second-order valence-electron chi connectivity index (χ2n) is 9.02. The van der Waals surface area contributed by atoms with Gasteiger partial charge in [-0.1, -0.05) is 6.92 Å². The van der Waals surface area contributed by atoms with Gasteiger partial charge >= 0.3 is 13.4 Å². The topological polar surface area (TPSA) is 220 Å². The summed E-state index contributed by atoms with van der Waals surface area (Å²) in [7, 11) is 0. The quantitative estimate of drug-likeness (QED) is 0.210. The van der Waals surface area contributed by atoms with Crippen LogP contribution in [0.3, 0.4) is 0 Å². The van der Waals surface area contributed by atoms with E-state index in [0.29, 0.717) is 17.0 Å². The smallest absolute Gasteiger partial charge is 0.325 e. The molecule has 0 radical (unpaired) electrons. The van der Waals surface area contributed by atoms with Gasteiger partial charge in [-0.3, -0.25) is 14.3 Å². The molecule has 17 nitrogen and oxygen atoms in total. The maximum atomic E-state index is 12.3. The first-order chi connectivity index (χ1) is 19.0. The lowest BCUT2D eigenvalue weighted by atomic mass is 10.0. The molecule has 5 N–H and O–H groups in total. The molecule has 214 valence electrons.